The van der Waals surface area contributed by atoms with Crippen LogP contribution in [0.15, 0.2) is 9.59 Å². The zero-order valence-corrected chi connectivity index (χ0v) is 8.16. The zero-order valence-electron chi connectivity index (χ0n) is 7.35. The van der Waals surface area contributed by atoms with Gasteiger partial charge in [0.25, 0.3) is 6.43 Å². The maximum absolute atomic E-state index is 12.3. The second-order valence-corrected chi connectivity index (χ2v) is 3.66. The third-order valence-corrected chi connectivity index (χ3v) is 2.62. The average molecular weight is 234 g/mol. The first-order valence-electron chi connectivity index (χ1n) is 3.75. The van der Waals surface area contributed by atoms with Crippen LogP contribution in [0.4, 0.5) is 8.78 Å². The Balaban J connectivity index is 2.88. The van der Waals surface area contributed by atoms with Gasteiger partial charge in [0.15, 0.2) is 5.01 Å². The molecule has 0 aliphatic carbocycles. The molecule has 0 N–H and O–H groups in total. The van der Waals surface area contributed by atoms with E-state index in [1.54, 1.807) is 0 Å². The summed E-state index contributed by atoms with van der Waals surface area (Å²) in [5.41, 5.74) is -1.57. The third kappa shape index (κ3) is 1.44. The number of aromatic nitrogens is 4. The molecule has 0 unspecified atom stereocenters. The van der Waals surface area contributed by atoms with Gasteiger partial charge in [-0.3, -0.25) is 0 Å². The normalized spacial score (nSPS) is 11.5. The summed E-state index contributed by atoms with van der Waals surface area (Å²) in [5, 5.41) is 2.83. The standard InChI is InChI=1S/C6H4F2N4O2S/c1-11-4(13)9-5-12(6(11)14)10-3(15-5)2(7)8/h2H,1H3. The smallest absolute Gasteiger partial charge is 0.245 e. The van der Waals surface area contributed by atoms with Crippen molar-refractivity contribution in [2.45, 2.75) is 6.43 Å². The summed E-state index contributed by atoms with van der Waals surface area (Å²) in [6.07, 6.45) is -2.78. The molecule has 0 spiro atoms. The molecule has 0 saturated heterocycles. The fourth-order valence-corrected chi connectivity index (χ4v) is 1.69. The molecule has 0 aliphatic heterocycles. The summed E-state index contributed by atoms with van der Waals surface area (Å²) >= 11 is 0.520. The Bertz CT molecular complexity index is 628. The lowest BCUT2D eigenvalue weighted by Gasteiger charge is -1.93. The molecule has 80 valence electrons. The van der Waals surface area contributed by atoms with Gasteiger partial charge in [-0.1, -0.05) is 11.3 Å². The Kier molecular flexibility index (Phi) is 2.11. The molecule has 0 saturated carbocycles. The molecule has 2 aromatic rings. The lowest BCUT2D eigenvalue weighted by Crippen LogP contribution is -2.37. The van der Waals surface area contributed by atoms with Crippen LogP contribution in [-0.2, 0) is 7.05 Å². The van der Waals surface area contributed by atoms with Crippen LogP contribution in [0.1, 0.15) is 11.4 Å². The van der Waals surface area contributed by atoms with Crippen LogP contribution in [0.2, 0.25) is 0 Å². The second-order valence-electron chi connectivity index (χ2n) is 2.67. The van der Waals surface area contributed by atoms with Crippen LogP contribution in [-0.4, -0.2) is 19.2 Å². The first kappa shape index (κ1) is 9.90. The minimum Gasteiger partial charge on any atom is -0.245 e. The van der Waals surface area contributed by atoms with E-state index in [9.17, 15) is 18.4 Å². The number of nitrogens with zero attached hydrogens (tertiary/aromatic N) is 4. The Morgan fingerprint density at radius 1 is 1.40 bits per heavy atom. The van der Waals surface area contributed by atoms with E-state index in [2.05, 4.69) is 10.1 Å². The van der Waals surface area contributed by atoms with E-state index in [4.69, 9.17) is 0 Å². The van der Waals surface area contributed by atoms with E-state index < -0.39 is 22.8 Å². The predicted molar refractivity (Wildman–Crippen MR) is 47.3 cm³/mol. The summed E-state index contributed by atoms with van der Waals surface area (Å²) in [6, 6.07) is 0. The Morgan fingerprint density at radius 2 is 2.07 bits per heavy atom. The van der Waals surface area contributed by atoms with Gasteiger partial charge in [-0.15, -0.1) is 5.10 Å². The first-order valence-corrected chi connectivity index (χ1v) is 4.57. The SMILES string of the molecule is Cn1c(=O)nc2sc(C(F)F)nn2c1=O. The molecule has 0 fully saturated rings. The molecule has 0 amide bonds. The van der Waals surface area contributed by atoms with Crippen LogP contribution >= 0.6 is 11.3 Å². The molecular weight excluding hydrogens is 230 g/mol. The van der Waals surface area contributed by atoms with Crippen molar-refractivity contribution >= 4 is 16.3 Å². The number of fused-ring (bicyclic) bond motifs is 1. The van der Waals surface area contributed by atoms with Crippen LogP contribution < -0.4 is 11.4 Å². The number of hydrogen-bond acceptors (Lipinski definition) is 5. The van der Waals surface area contributed by atoms with E-state index in [0.29, 0.717) is 20.4 Å². The van der Waals surface area contributed by atoms with Gasteiger partial charge in [0.2, 0.25) is 4.96 Å². The van der Waals surface area contributed by atoms with Gasteiger partial charge < -0.3 is 0 Å². The van der Waals surface area contributed by atoms with E-state index >= 15 is 0 Å². The molecule has 0 radical (unpaired) electrons. The van der Waals surface area contributed by atoms with E-state index in [-0.39, 0.29) is 4.96 Å². The minimum absolute atomic E-state index is 0.126. The van der Waals surface area contributed by atoms with Crippen LogP contribution in [0.5, 0.6) is 0 Å². The van der Waals surface area contributed by atoms with Crippen molar-refractivity contribution in [3.05, 3.63) is 26.0 Å². The Labute approximate surface area is 84.4 Å². The molecule has 15 heavy (non-hydrogen) atoms. The topological polar surface area (TPSA) is 69.3 Å². The summed E-state index contributed by atoms with van der Waals surface area (Å²) in [5.74, 6) is 0. The van der Waals surface area contributed by atoms with Crippen molar-refractivity contribution in [3.63, 3.8) is 0 Å². The summed E-state index contributed by atoms with van der Waals surface area (Å²) < 4.78 is 25.9. The molecule has 0 bridgehead atoms. The number of alkyl halides is 2. The van der Waals surface area contributed by atoms with Gasteiger partial charge in [-0.05, 0) is 0 Å². The fourth-order valence-electron chi connectivity index (χ4n) is 0.962. The van der Waals surface area contributed by atoms with E-state index in [1.165, 1.54) is 7.05 Å². The number of halogens is 2. The van der Waals surface area contributed by atoms with Gasteiger partial charge >= 0.3 is 11.4 Å². The van der Waals surface area contributed by atoms with Gasteiger partial charge in [-0.2, -0.15) is 9.50 Å². The van der Waals surface area contributed by atoms with E-state index in [0.717, 1.165) is 0 Å². The van der Waals surface area contributed by atoms with Crippen LogP contribution in [0.3, 0.4) is 0 Å². The van der Waals surface area contributed by atoms with Crippen LogP contribution in [0.25, 0.3) is 4.96 Å². The highest BCUT2D eigenvalue weighted by Gasteiger charge is 2.16. The highest BCUT2D eigenvalue weighted by Crippen LogP contribution is 2.22. The van der Waals surface area contributed by atoms with Crippen molar-refractivity contribution < 1.29 is 8.78 Å². The van der Waals surface area contributed by atoms with Crippen molar-refractivity contribution in [1.82, 2.24) is 19.2 Å². The maximum Gasteiger partial charge on any atom is 0.355 e. The predicted octanol–water partition coefficient (Wildman–Crippen LogP) is -0.213. The molecule has 0 aromatic carbocycles. The van der Waals surface area contributed by atoms with Crippen molar-refractivity contribution in [3.8, 4) is 0 Å². The highest BCUT2D eigenvalue weighted by molar-refractivity contribution is 7.16. The minimum atomic E-state index is -2.78. The fraction of sp³-hybridized carbons (Fsp3) is 0.333. The van der Waals surface area contributed by atoms with E-state index in [1.807, 2.05) is 0 Å². The molecular formula is C6H4F2N4O2S. The van der Waals surface area contributed by atoms with Gasteiger partial charge in [0.1, 0.15) is 0 Å². The van der Waals surface area contributed by atoms with Crippen molar-refractivity contribution in [2.75, 3.05) is 0 Å². The maximum atomic E-state index is 12.3. The molecule has 2 aromatic heterocycles. The highest BCUT2D eigenvalue weighted by atomic mass is 32.1. The molecule has 2 heterocycles. The Morgan fingerprint density at radius 3 is 2.67 bits per heavy atom. The summed E-state index contributed by atoms with van der Waals surface area (Å²) in [6.45, 7) is 0. The quantitative estimate of drug-likeness (QED) is 0.684. The third-order valence-electron chi connectivity index (χ3n) is 1.71. The summed E-state index contributed by atoms with van der Waals surface area (Å²) in [4.78, 5) is 25.7. The van der Waals surface area contributed by atoms with Gasteiger partial charge in [-0.25, -0.2) is 22.9 Å². The lowest BCUT2D eigenvalue weighted by molar-refractivity contribution is 0.149. The average Bonchev–Trinajstić information content (AvgIpc) is 2.58. The molecule has 9 heteroatoms. The monoisotopic (exact) mass is 234 g/mol. The largest absolute Gasteiger partial charge is 0.355 e. The second kappa shape index (κ2) is 3.19. The zero-order chi connectivity index (χ0) is 11.2. The summed E-state index contributed by atoms with van der Waals surface area (Å²) in [7, 11) is 1.20. The van der Waals surface area contributed by atoms with Crippen molar-refractivity contribution in [2.24, 2.45) is 7.05 Å². The van der Waals surface area contributed by atoms with Crippen LogP contribution in [0, 0.1) is 0 Å². The lowest BCUT2D eigenvalue weighted by atomic mass is 10.8. The molecule has 0 aliphatic rings. The first-order chi connectivity index (χ1) is 7.00. The van der Waals surface area contributed by atoms with Crippen molar-refractivity contribution in [1.29, 1.82) is 0 Å². The molecule has 2 rings (SSSR count). The molecule has 0 atom stereocenters. The molecule has 6 nitrogen and oxygen atoms in total. The number of hydrogen-bond donors (Lipinski definition) is 0. The number of rotatable bonds is 1. The van der Waals surface area contributed by atoms with Gasteiger partial charge in [0, 0.05) is 7.05 Å². The Hall–Kier alpha value is -1.64. The van der Waals surface area contributed by atoms with Gasteiger partial charge in [0.05, 0.1) is 0 Å².